The van der Waals surface area contributed by atoms with Crippen LogP contribution in [0, 0.1) is 11.3 Å². The Bertz CT molecular complexity index is 132. The molecule has 0 aliphatic heterocycles. The largest absolute Gasteiger partial charge is 0.390 e. The van der Waals surface area contributed by atoms with Crippen molar-refractivity contribution < 1.29 is 9.84 Å². The third-order valence-electron chi connectivity index (χ3n) is 2.55. The van der Waals surface area contributed by atoms with Crippen LogP contribution in [0.3, 0.4) is 0 Å². The van der Waals surface area contributed by atoms with Gasteiger partial charge in [-0.25, -0.2) is 0 Å². The van der Waals surface area contributed by atoms with E-state index in [-0.39, 0.29) is 6.10 Å². The maximum atomic E-state index is 9.53. The van der Waals surface area contributed by atoms with Crippen LogP contribution in [0.1, 0.15) is 27.2 Å². The molecule has 0 radical (unpaired) electrons. The molecule has 2 nitrogen and oxygen atoms in total. The zero-order valence-electron chi connectivity index (χ0n) is 7.63. The van der Waals surface area contributed by atoms with Crippen molar-refractivity contribution in [3.05, 3.63) is 0 Å². The van der Waals surface area contributed by atoms with E-state index in [0.717, 1.165) is 6.42 Å². The fraction of sp³-hybridized carbons (Fsp3) is 1.00. The average Bonchev–Trinajstić information content (AvgIpc) is 2.55. The lowest BCUT2D eigenvalue weighted by molar-refractivity contribution is 0.0243. The van der Waals surface area contributed by atoms with Gasteiger partial charge in [0.05, 0.1) is 12.7 Å². The molecule has 0 saturated heterocycles. The molecule has 66 valence electrons. The Morgan fingerprint density at radius 2 is 2.18 bits per heavy atom. The van der Waals surface area contributed by atoms with E-state index < -0.39 is 0 Å². The van der Waals surface area contributed by atoms with E-state index in [0.29, 0.717) is 24.5 Å². The first kappa shape index (κ1) is 9.01. The van der Waals surface area contributed by atoms with Crippen molar-refractivity contribution in [3.8, 4) is 0 Å². The van der Waals surface area contributed by atoms with Crippen molar-refractivity contribution in [3.63, 3.8) is 0 Å². The summed E-state index contributed by atoms with van der Waals surface area (Å²) in [6.45, 7) is 7.53. The Balaban J connectivity index is 2.17. The lowest BCUT2D eigenvalue weighted by Gasteiger charge is -2.11. The minimum Gasteiger partial charge on any atom is -0.390 e. The number of hydrogen-bond acceptors (Lipinski definition) is 2. The summed E-state index contributed by atoms with van der Waals surface area (Å²) in [6.07, 6.45) is 0.895. The Morgan fingerprint density at radius 3 is 2.55 bits per heavy atom. The van der Waals surface area contributed by atoms with Crippen LogP contribution < -0.4 is 0 Å². The topological polar surface area (TPSA) is 29.5 Å². The Kier molecular flexibility index (Phi) is 2.55. The van der Waals surface area contributed by atoms with Crippen molar-refractivity contribution in [1.82, 2.24) is 0 Å². The number of ether oxygens (including phenoxy) is 1. The van der Waals surface area contributed by atoms with E-state index in [4.69, 9.17) is 4.74 Å². The number of aliphatic hydroxyl groups excluding tert-OH is 1. The highest BCUT2D eigenvalue weighted by molar-refractivity contribution is 4.98. The van der Waals surface area contributed by atoms with E-state index >= 15 is 0 Å². The lowest BCUT2D eigenvalue weighted by atomic mass is 10.1. The van der Waals surface area contributed by atoms with Gasteiger partial charge in [-0.3, -0.25) is 0 Å². The monoisotopic (exact) mass is 158 g/mol. The fourth-order valence-electron chi connectivity index (χ4n) is 1.52. The van der Waals surface area contributed by atoms with Crippen LogP contribution in [0.5, 0.6) is 0 Å². The Hall–Kier alpha value is -0.0800. The van der Waals surface area contributed by atoms with Crippen LogP contribution in [0.15, 0.2) is 0 Å². The first-order valence-electron chi connectivity index (χ1n) is 4.33. The van der Waals surface area contributed by atoms with Crippen LogP contribution in [0.4, 0.5) is 0 Å². The third-order valence-corrected chi connectivity index (χ3v) is 2.55. The van der Waals surface area contributed by atoms with Crippen molar-refractivity contribution >= 4 is 0 Å². The van der Waals surface area contributed by atoms with E-state index in [1.807, 2.05) is 6.92 Å². The zero-order chi connectivity index (χ0) is 8.48. The SMILES string of the molecule is CCOCC(O)C1CC1(C)C. The molecule has 11 heavy (non-hydrogen) atoms. The van der Waals surface area contributed by atoms with E-state index in [1.165, 1.54) is 0 Å². The summed E-state index contributed by atoms with van der Waals surface area (Å²) in [7, 11) is 0. The molecule has 0 aromatic heterocycles. The summed E-state index contributed by atoms with van der Waals surface area (Å²) in [6, 6.07) is 0. The van der Waals surface area contributed by atoms with Gasteiger partial charge in [0.15, 0.2) is 0 Å². The van der Waals surface area contributed by atoms with Crippen LogP contribution in [-0.2, 0) is 4.74 Å². The van der Waals surface area contributed by atoms with Crippen LogP contribution in [0.25, 0.3) is 0 Å². The Morgan fingerprint density at radius 1 is 1.64 bits per heavy atom. The van der Waals surface area contributed by atoms with Gasteiger partial charge in [0, 0.05) is 6.61 Å². The molecule has 0 bridgehead atoms. The molecule has 2 heteroatoms. The zero-order valence-corrected chi connectivity index (χ0v) is 7.63. The van der Waals surface area contributed by atoms with Crippen molar-refractivity contribution in [1.29, 1.82) is 0 Å². The summed E-state index contributed by atoms with van der Waals surface area (Å²) in [5, 5.41) is 9.53. The molecule has 1 aliphatic carbocycles. The molecule has 0 aromatic rings. The summed E-state index contributed by atoms with van der Waals surface area (Å²) in [4.78, 5) is 0. The van der Waals surface area contributed by atoms with Crippen molar-refractivity contribution in [2.75, 3.05) is 13.2 Å². The lowest BCUT2D eigenvalue weighted by Crippen LogP contribution is -2.19. The highest BCUT2D eigenvalue weighted by Gasteiger charge is 2.49. The van der Waals surface area contributed by atoms with Gasteiger partial charge in [-0.05, 0) is 24.7 Å². The van der Waals surface area contributed by atoms with Crippen molar-refractivity contribution in [2.45, 2.75) is 33.3 Å². The second kappa shape index (κ2) is 3.11. The van der Waals surface area contributed by atoms with E-state index in [9.17, 15) is 5.11 Å². The van der Waals surface area contributed by atoms with Crippen LogP contribution >= 0.6 is 0 Å². The molecular weight excluding hydrogens is 140 g/mol. The molecule has 0 heterocycles. The predicted molar refractivity (Wildman–Crippen MR) is 44.4 cm³/mol. The molecule has 1 saturated carbocycles. The fourth-order valence-corrected chi connectivity index (χ4v) is 1.52. The quantitative estimate of drug-likeness (QED) is 0.670. The van der Waals surface area contributed by atoms with Gasteiger partial charge in [-0.1, -0.05) is 13.8 Å². The average molecular weight is 158 g/mol. The molecule has 1 fully saturated rings. The maximum Gasteiger partial charge on any atom is 0.0807 e. The smallest absolute Gasteiger partial charge is 0.0807 e. The molecule has 2 unspecified atom stereocenters. The summed E-state index contributed by atoms with van der Waals surface area (Å²) in [5.74, 6) is 0.467. The minimum atomic E-state index is -0.245. The number of rotatable bonds is 4. The molecule has 1 rings (SSSR count). The highest BCUT2D eigenvalue weighted by Crippen LogP contribution is 2.53. The van der Waals surface area contributed by atoms with E-state index in [2.05, 4.69) is 13.8 Å². The van der Waals surface area contributed by atoms with Crippen LogP contribution in [0.2, 0.25) is 0 Å². The molecular formula is C9H18O2. The standard InChI is InChI=1S/C9H18O2/c1-4-11-6-8(10)7-5-9(7,2)3/h7-8,10H,4-6H2,1-3H3. The van der Waals surface area contributed by atoms with Gasteiger partial charge >= 0.3 is 0 Å². The predicted octanol–water partition coefficient (Wildman–Crippen LogP) is 1.43. The highest BCUT2D eigenvalue weighted by atomic mass is 16.5. The number of aliphatic hydroxyl groups is 1. The first-order valence-corrected chi connectivity index (χ1v) is 4.33. The molecule has 0 aromatic carbocycles. The van der Waals surface area contributed by atoms with Crippen molar-refractivity contribution in [2.24, 2.45) is 11.3 Å². The normalized spacial score (nSPS) is 30.0. The number of hydrogen-bond donors (Lipinski definition) is 1. The van der Waals surface area contributed by atoms with Gasteiger partial charge in [-0.2, -0.15) is 0 Å². The second-order valence-electron chi connectivity index (χ2n) is 4.03. The van der Waals surface area contributed by atoms with Gasteiger partial charge in [0.1, 0.15) is 0 Å². The molecule has 1 N–H and O–H groups in total. The molecule has 0 amide bonds. The summed E-state index contributed by atoms with van der Waals surface area (Å²) in [5.41, 5.74) is 0.358. The Labute approximate surface area is 68.6 Å². The molecule has 1 aliphatic rings. The second-order valence-corrected chi connectivity index (χ2v) is 4.03. The molecule has 2 atom stereocenters. The van der Waals surface area contributed by atoms with E-state index in [1.54, 1.807) is 0 Å². The minimum absolute atomic E-state index is 0.245. The van der Waals surface area contributed by atoms with Gasteiger partial charge < -0.3 is 9.84 Å². The van der Waals surface area contributed by atoms with Gasteiger partial charge in [0.2, 0.25) is 0 Å². The van der Waals surface area contributed by atoms with Gasteiger partial charge in [-0.15, -0.1) is 0 Å². The van der Waals surface area contributed by atoms with Crippen LogP contribution in [-0.4, -0.2) is 24.4 Å². The van der Waals surface area contributed by atoms with Gasteiger partial charge in [0.25, 0.3) is 0 Å². The molecule has 0 spiro atoms. The summed E-state index contributed by atoms with van der Waals surface area (Å²) < 4.78 is 5.14. The maximum absolute atomic E-state index is 9.53. The first-order chi connectivity index (χ1) is 5.08. The third kappa shape index (κ3) is 2.17. The summed E-state index contributed by atoms with van der Waals surface area (Å²) >= 11 is 0.